The van der Waals surface area contributed by atoms with Gasteiger partial charge in [-0.05, 0) is 13.0 Å². The first-order valence-corrected chi connectivity index (χ1v) is 2.68. The normalized spacial score (nSPS) is 11.8. The number of carboxylic acid groups (broad SMARTS) is 1. The van der Waals surface area contributed by atoms with Crippen molar-refractivity contribution in [1.82, 2.24) is 0 Å². The lowest BCUT2D eigenvalue weighted by Gasteiger charge is -2.06. The third kappa shape index (κ3) is 4.55. The Kier molecular flexibility index (Phi) is 8.40. The fraction of sp³-hybridized carbons (Fsp3) is 0.800. The van der Waals surface area contributed by atoms with Gasteiger partial charge in [0.05, 0.1) is 0 Å². The summed E-state index contributed by atoms with van der Waals surface area (Å²) in [5.41, 5.74) is 5.10. The molecule has 1 unspecified atom stereocenters. The molecule has 1 atom stereocenters. The Morgan fingerprint density at radius 2 is 2.30 bits per heavy atom. The van der Waals surface area contributed by atoms with Crippen LogP contribution in [0.15, 0.2) is 0 Å². The van der Waals surface area contributed by atoms with Crippen LogP contribution in [0.1, 0.15) is 6.42 Å². The molecule has 4 nitrogen and oxygen atoms in total. The molecule has 0 aromatic heterocycles. The Hall–Kier alpha value is -0.320. The second kappa shape index (κ2) is 6.80. The van der Waals surface area contributed by atoms with E-state index >= 15 is 0 Å². The Balaban J connectivity index is 0. The summed E-state index contributed by atoms with van der Waals surface area (Å²) in [6.07, 6.45) is -0.374. The number of aliphatic carboxylic acids is 1. The van der Waals surface area contributed by atoms with Crippen molar-refractivity contribution >= 4 is 18.4 Å². The van der Waals surface area contributed by atoms with Crippen molar-refractivity contribution in [2.45, 2.75) is 12.5 Å². The number of halogens is 1. The molecule has 0 aromatic rings. The number of hydrogen-bond acceptors (Lipinski definition) is 3. The van der Waals surface area contributed by atoms with Gasteiger partial charge < -0.3 is 15.6 Å². The lowest BCUT2D eigenvalue weighted by molar-refractivity contribution is -0.148. The van der Waals surface area contributed by atoms with Crippen molar-refractivity contribution < 1.29 is 14.6 Å². The summed E-state index contributed by atoms with van der Waals surface area (Å²) >= 11 is 0. The van der Waals surface area contributed by atoms with Crippen molar-refractivity contribution in [2.75, 3.05) is 13.7 Å². The largest absolute Gasteiger partial charge is 0.479 e. The molecule has 0 spiro atoms. The van der Waals surface area contributed by atoms with Crippen molar-refractivity contribution in [2.24, 2.45) is 5.73 Å². The van der Waals surface area contributed by atoms with Gasteiger partial charge in [-0.1, -0.05) is 0 Å². The van der Waals surface area contributed by atoms with Gasteiger partial charge in [0.1, 0.15) is 0 Å². The molecule has 0 aliphatic carbocycles. The molecule has 0 heterocycles. The summed E-state index contributed by atoms with van der Waals surface area (Å²) in [6.45, 7) is 0.338. The van der Waals surface area contributed by atoms with E-state index in [1.807, 2.05) is 0 Å². The van der Waals surface area contributed by atoms with Gasteiger partial charge in [-0.3, -0.25) is 0 Å². The lowest BCUT2D eigenvalue weighted by atomic mass is 10.2. The molecule has 0 fully saturated rings. The molecule has 62 valence electrons. The zero-order valence-electron chi connectivity index (χ0n) is 5.74. The quantitative estimate of drug-likeness (QED) is 0.614. The fourth-order valence-electron chi connectivity index (χ4n) is 0.494. The molecule has 0 radical (unpaired) electrons. The maximum atomic E-state index is 10.1. The summed E-state index contributed by atoms with van der Waals surface area (Å²) < 4.78 is 4.57. The highest BCUT2D eigenvalue weighted by atomic mass is 35.5. The summed E-state index contributed by atoms with van der Waals surface area (Å²) in [4.78, 5) is 10.1. The summed E-state index contributed by atoms with van der Waals surface area (Å²) in [6, 6.07) is 0. The van der Waals surface area contributed by atoms with Crippen molar-refractivity contribution in [3.8, 4) is 0 Å². The maximum Gasteiger partial charge on any atom is 0.332 e. The molecular formula is C5H12ClNO3. The lowest BCUT2D eigenvalue weighted by Crippen LogP contribution is -2.25. The molecule has 0 aromatic carbocycles. The van der Waals surface area contributed by atoms with E-state index in [-0.39, 0.29) is 12.4 Å². The number of methoxy groups -OCH3 is 1. The van der Waals surface area contributed by atoms with Crippen molar-refractivity contribution in [3.63, 3.8) is 0 Å². The van der Waals surface area contributed by atoms with E-state index in [0.29, 0.717) is 13.0 Å². The summed E-state index contributed by atoms with van der Waals surface area (Å²) in [7, 11) is 1.36. The molecule has 0 bridgehead atoms. The summed E-state index contributed by atoms with van der Waals surface area (Å²) in [5.74, 6) is -0.956. The number of carbonyl (C=O) groups is 1. The van der Waals surface area contributed by atoms with Gasteiger partial charge in [-0.25, -0.2) is 4.79 Å². The van der Waals surface area contributed by atoms with Gasteiger partial charge >= 0.3 is 5.97 Å². The molecule has 10 heavy (non-hydrogen) atoms. The molecule has 0 saturated carbocycles. The van der Waals surface area contributed by atoms with E-state index in [9.17, 15) is 4.79 Å². The van der Waals surface area contributed by atoms with E-state index in [4.69, 9.17) is 10.8 Å². The van der Waals surface area contributed by atoms with Crippen LogP contribution in [0.4, 0.5) is 0 Å². The highest BCUT2D eigenvalue weighted by molar-refractivity contribution is 5.85. The average molecular weight is 170 g/mol. The van der Waals surface area contributed by atoms with Gasteiger partial charge in [-0.15, -0.1) is 12.4 Å². The number of hydrogen-bond donors (Lipinski definition) is 2. The molecule has 0 amide bonds. The van der Waals surface area contributed by atoms with Crippen LogP contribution in [0, 0.1) is 0 Å². The van der Waals surface area contributed by atoms with Gasteiger partial charge in [0.25, 0.3) is 0 Å². The molecule has 5 heteroatoms. The first-order chi connectivity index (χ1) is 4.22. The minimum Gasteiger partial charge on any atom is -0.479 e. The molecular weight excluding hydrogens is 158 g/mol. The Morgan fingerprint density at radius 3 is 2.40 bits per heavy atom. The topological polar surface area (TPSA) is 72.5 Å². The van der Waals surface area contributed by atoms with Crippen LogP contribution in [0.5, 0.6) is 0 Å². The summed E-state index contributed by atoms with van der Waals surface area (Å²) in [5, 5.41) is 8.32. The predicted octanol–water partition coefficient (Wildman–Crippen LogP) is -0.143. The second-order valence-electron chi connectivity index (χ2n) is 1.64. The Labute approximate surface area is 65.8 Å². The van der Waals surface area contributed by atoms with Crippen LogP contribution in [0.25, 0.3) is 0 Å². The number of rotatable bonds is 4. The van der Waals surface area contributed by atoms with Crippen LogP contribution in [-0.2, 0) is 9.53 Å². The minimum atomic E-state index is -0.956. The minimum absolute atomic E-state index is 0. The van der Waals surface area contributed by atoms with Crippen LogP contribution in [-0.4, -0.2) is 30.8 Å². The van der Waals surface area contributed by atoms with E-state index in [0.717, 1.165) is 0 Å². The zero-order chi connectivity index (χ0) is 7.28. The molecule has 3 N–H and O–H groups in total. The predicted molar refractivity (Wildman–Crippen MR) is 39.4 cm³/mol. The van der Waals surface area contributed by atoms with E-state index in [1.54, 1.807) is 0 Å². The van der Waals surface area contributed by atoms with E-state index in [1.165, 1.54) is 7.11 Å². The third-order valence-corrected chi connectivity index (χ3v) is 0.989. The van der Waals surface area contributed by atoms with Crippen LogP contribution >= 0.6 is 12.4 Å². The first kappa shape index (κ1) is 12.4. The van der Waals surface area contributed by atoms with Crippen LogP contribution in [0.2, 0.25) is 0 Å². The number of ether oxygens (including phenoxy) is 1. The Bertz CT molecular complexity index is 98.9. The standard InChI is InChI=1S/C5H11NO3.ClH/c1-9-4(2-3-6)5(7)8;/h4H,2-3,6H2,1H3,(H,7,8);1H. The van der Waals surface area contributed by atoms with Crippen molar-refractivity contribution in [3.05, 3.63) is 0 Å². The fourth-order valence-corrected chi connectivity index (χ4v) is 0.494. The van der Waals surface area contributed by atoms with Crippen molar-refractivity contribution in [1.29, 1.82) is 0 Å². The SMILES string of the molecule is COC(CCN)C(=O)O.Cl. The maximum absolute atomic E-state index is 10.1. The Morgan fingerprint density at radius 1 is 1.80 bits per heavy atom. The van der Waals surface area contributed by atoms with Crippen LogP contribution < -0.4 is 5.73 Å². The highest BCUT2D eigenvalue weighted by Gasteiger charge is 2.13. The molecule has 0 rings (SSSR count). The van der Waals surface area contributed by atoms with Crippen LogP contribution in [0.3, 0.4) is 0 Å². The number of carboxylic acids is 1. The first-order valence-electron chi connectivity index (χ1n) is 2.68. The van der Waals surface area contributed by atoms with E-state index < -0.39 is 12.1 Å². The van der Waals surface area contributed by atoms with E-state index in [2.05, 4.69) is 4.74 Å². The number of nitrogens with two attached hydrogens (primary N) is 1. The van der Waals surface area contributed by atoms with Gasteiger partial charge in [0.15, 0.2) is 6.10 Å². The van der Waals surface area contributed by atoms with Gasteiger partial charge in [0.2, 0.25) is 0 Å². The average Bonchev–Trinajstić information content (AvgIpc) is 1.82. The smallest absolute Gasteiger partial charge is 0.332 e. The zero-order valence-corrected chi connectivity index (χ0v) is 6.56. The molecule has 0 aliphatic rings. The second-order valence-corrected chi connectivity index (χ2v) is 1.64. The molecule has 0 aliphatic heterocycles. The third-order valence-electron chi connectivity index (χ3n) is 0.989. The molecule has 0 saturated heterocycles. The highest BCUT2D eigenvalue weighted by Crippen LogP contribution is 1.93. The van der Waals surface area contributed by atoms with Gasteiger partial charge in [-0.2, -0.15) is 0 Å². The monoisotopic (exact) mass is 169 g/mol. The van der Waals surface area contributed by atoms with Gasteiger partial charge in [0, 0.05) is 7.11 Å².